The Labute approximate surface area is 103 Å². The van der Waals surface area contributed by atoms with Gasteiger partial charge in [0.15, 0.2) is 0 Å². The van der Waals surface area contributed by atoms with Gasteiger partial charge in [-0.3, -0.25) is 4.79 Å². The SMILES string of the molecule is CNCC(=O)NCC1CCCC1NS(C)(=O)=O. The molecule has 17 heavy (non-hydrogen) atoms. The van der Waals surface area contributed by atoms with Gasteiger partial charge in [-0.1, -0.05) is 6.42 Å². The molecule has 2 atom stereocenters. The van der Waals surface area contributed by atoms with Crippen molar-refractivity contribution in [2.24, 2.45) is 5.92 Å². The molecular weight excluding hydrogens is 242 g/mol. The van der Waals surface area contributed by atoms with Crippen LogP contribution < -0.4 is 15.4 Å². The fourth-order valence-corrected chi connectivity index (χ4v) is 3.04. The van der Waals surface area contributed by atoms with E-state index in [1.165, 1.54) is 6.26 Å². The molecule has 6 nitrogen and oxygen atoms in total. The molecule has 0 heterocycles. The lowest BCUT2D eigenvalue weighted by molar-refractivity contribution is -0.120. The van der Waals surface area contributed by atoms with Crippen LogP contribution in [0.5, 0.6) is 0 Å². The van der Waals surface area contributed by atoms with E-state index in [-0.39, 0.29) is 24.4 Å². The summed E-state index contributed by atoms with van der Waals surface area (Å²) in [5, 5.41) is 5.57. The minimum absolute atomic E-state index is 0.0418. The number of rotatable bonds is 6. The second-order valence-corrected chi connectivity index (χ2v) is 6.30. The molecule has 0 aromatic rings. The van der Waals surface area contributed by atoms with E-state index in [1.807, 2.05) is 0 Å². The van der Waals surface area contributed by atoms with Crippen molar-refractivity contribution in [2.45, 2.75) is 25.3 Å². The summed E-state index contributed by atoms with van der Waals surface area (Å²) in [4.78, 5) is 11.3. The maximum atomic E-state index is 11.3. The van der Waals surface area contributed by atoms with Crippen molar-refractivity contribution < 1.29 is 13.2 Å². The van der Waals surface area contributed by atoms with Crippen molar-refractivity contribution in [3.05, 3.63) is 0 Å². The molecule has 7 heteroatoms. The molecule has 2 unspecified atom stereocenters. The van der Waals surface area contributed by atoms with E-state index >= 15 is 0 Å². The molecular formula is C10H21N3O3S. The van der Waals surface area contributed by atoms with Crippen LogP contribution in [0.4, 0.5) is 0 Å². The zero-order valence-corrected chi connectivity index (χ0v) is 11.1. The zero-order chi connectivity index (χ0) is 12.9. The van der Waals surface area contributed by atoms with Crippen LogP contribution in [0.3, 0.4) is 0 Å². The Morgan fingerprint density at radius 3 is 2.65 bits per heavy atom. The summed E-state index contributed by atoms with van der Waals surface area (Å²) in [5.74, 6) is 0.142. The Balaban J connectivity index is 2.39. The molecule has 1 fully saturated rings. The highest BCUT2D eigenvalue weighted by Gasteiger charge is 2.29. The second kappa shape index (κ2) is 6.32. The van der Waals surface area contributed by atoms with Gasteiger partial charge in [0.2, 0.25) is 15.9 Å². The van der Waals surface area contributed by atoms with E-state index in [0.717, 1.165) is 19.3 Å². The number of hydrogen-bond acceptors (Lipinski definition) is 4. The van der Waals surface area contributed by atoms with E-state index < -0.39 is 10.0 Å². The average Bonchev–Trinajstić information content (AvgIpc) is 2.60. The molecule has 0 aromatic heterocycles. The van der Waals surface area contributed by atoms with Gasteiger partial charge in [-0.15, -0.1) is 0 Å². The number of likely N-dealkylation sites (N-methyl/N-ethyl adjacent to an activating group) is 1. The van der Waals surface area contributed by atoms with E-state index in [2.05, 4.69) is 15.4 Å². The number of carbonyl (C=O) groups is 1. The zero-order valence-electron chi connectivity index (χ0n) is 10.3. The van der Waals surface area contributed by atoms with Crippen molar-refractivity contribution in [3.63, 3.8) is 0 Å². The standard InChI is InChI=1S/C10H21N3O3S/c1-11-7-10(14)12-6-8-4-3-5-9(8)13-17(2,15)16/h8-9,11,13H,3-7H2,1-2H3,(H,12,14). The maximum Gasteiger partial charge on any atom is 0.233 e. The van der Waals surface area contributed by atoms with Gasteiger partial charge in [0.1, 0.15) is 0 Å². The van der Waals surface area contributed by atoms with E-state index in [0.29, 0.717) is 6.54 Å². The summed E-state index contributed by atoms with van der Waals surface area (Å²) in [7, 11) is -1.45. The van der Waals surface area contributed by atoms with Crippen LogP contribution in [0, 0.1) is 5.92 Å². The molecule has 0 bridgehead atoms. The van der Waals surface area contributed by atoms with Gasteiger partial charge in [0.25, 0.3) is 0 Å². The summed E-state index contributed by atoms with van der Waals surface area (Å²) < 4.78 is 25.0. The lowest BCUT2D eigenvalue weighted by atomic mass is 10.0. The minimum atomic E-state index is -3.16. The largest absolute Gasteiger partial charge is 0.355 e. The third kappa shape index (κ3) is 5.47. The quantitative estimate of drug-likeness (QED) is 0.576. The maximum absolute atomic E-state index is 11.3. The predicted molar refractivity (Wildman–Crippen MR) is 66.0 cm³/mol. The van der Waals surface area contributed by atoms with Crippen molar-refractivity contribution in [3.8, 4) is 0 Å². The highest BCUT2D eigenvalue weighted by Crippen LogP contribution is 2.25. The molecule has 1 amide bonds. The average molecular weight is 263 g/mol. The Morgan fingerprint density at radius 1 is 1.35 bits per heavy atom. The van der Waals surface area contributed by atoms with Gasteiger partial charge in [-0.05, 0) is 25.8 Å². The minimum Gasteiger partial charge on any atom is -0.355 e. The van der Waals surface area contributed by atoms with Crippen LogP contribution in [0.2, 0.25) is 0 Å². The molecule has 3 N–H and O–H groups in total. The van der Waals surface area contributed by atoms with Crippen molar-refractivity contribution >= 4 is 15.9 Å². The number of hydrogen-bond donors (Lipinski definition) is 3. The van der Waals surface area contributed by atoms with Crippen molar-refractivity contribution in [2.75, 3.05) is 26.4 Å². The molecule has 0 aromatic carbocycles. The molecule has 0 saturated heterocycles. The van der Waals surface area contributed by atoms with Crippen molar-refractivity contribution in [1.82, 2.24) is 15.4 Å². The van der Waals surface area contributed by atoms with Crippen LogP contribution in [0.25, 0.3) is 0 Å². The third-order valence-corrected chi connectivity index (χ3v) is 3.65. The molecule has 1 saturated carbocycles. The smallest absolute Gasteiger partial charge is 0.233 e. The Morgan fingerprint density at radius 2 is 2.06 bits per heavy atom. The molecule has 100 valence electrons. The second-order valence-electron chi connectivity index (χ2n) is 4.52. The first-order valence-electron chi connectivity index (χ1n) is 5.81. The van der Waals surface area contributed by atoms with Crippen LogP contribution >= 0.6 is 0 Å². The van der Waals surface area contributed by atoms with Crippen LogP contribution in [-0.4, -0.2) is 46.8 Å². The van der Waals surface area contributed by atoms with Gasteiger partial charge in [0.05, 0.1) is 12.8 Å². The molecule has 0 spiro atoms. The van der Waals surface area contributed by atoms with Gasteiger partial charge in [-0.2, -0.15) is 0 Å². The van der Waals surface area contributed by atoms with E-state index in [1.54, 1.807) is 7.05 Å². The summed E-state index contributed by atoms with van der Waals surface area (Å²) in [6.45, 7) is 0.824. The van der Waals surface area contributed by atoms with Gasteiger partial charge in [-0.25, -0.2) is 13.1 Å². The normalized spacial score (nSPS) is 24.8. The molecule has 1 aliphatic rings. The molecule has 0 aliphatic heterocycles. The first-order chi connectivity index (χ1) is 7.92. The lowest BCUT2D eigenvalue weighted by Gasteiger charge is -2.20. The Hall–Kier alpha value is -0.660. The fourth-order valence-electron chi connectivity index (χ4n) is 2.18. The highest BCUT2D eigenvalue weighted by molar-refractivity contribution is 7.88. The van der Waals surface area contributed by atoms with Crippen LogP contribution in [0.15, 0.2) is 0 Å². The third-order valence-electron chi connectivity index (χ3n) is 2.92. The summed E-state index contributed by atoms with van der Waals surface area (Å²) in [6, 6.07) is -0.0418. The number of amides is 1. The van der Waals surface area contributed by atoms with E-state index in [4.69, 9.17) is 0 Å². The molecule has 1 aliphatic carbocycles. The summed E-state index contributed by atoms with van der Waals surface area (Å²) >= 11 is 0. The summed E-state index contributed by atoms with van der Waals surface area (Å²) in [5.41, 5.74) is 0. The Bertz CT molecular complexity index is 356. The highest BCUT2D eigenvalue weighted by atomic mass is 32.2. The number of carbonyl (C=O) groups excluding carboxylic acids is 1. The first-order valence-corrected chi connectivity index (χ1v) is 7.70. The van der Waals surface area contributed by atoms with Crippen LogP contribution in [0.1, 0.15) is 19.3 Å². The predicted octanol–water partition coefficient (Wildman–Crippen LogP) is -0.960. The van der Waals surface area contributed by atoms with Crippen molar-refractivity contribution in [1.29, 1.82) is 0 Å². The van der Waals surface area contributed by atoms with Gasteiger partial charge >= 0.3 is 0 Å². The van der Waals surface area contributed by atoms with E-state index in [9.17, 15) is 13.2 Å². The fraction of sp³-hybridized carbons (Fsp3) is 0.900. The monoisotopic (exact) mass is 263 g/mol. The van der Waals surface area contributed by atoms with Gasteiger partial charge in [0, 0.05) is 12.6 Å². The number of nitrogens with one attached hydrogen (secondary N) is 3. The molecule has 1 rings (SSSR count). The topological polar surface area (TPSA) is 87.3 Å². The first kappa shape index (κ1) is 14.4. The van der Waals surface area contributed by atoms with Crippen LogP contribution in [-0.2, 0) is 14.8 Å². The summed E-state index contributed by atoms with van der Waals surface area (Å²) in [6.07, 6.45) is 3.97. The Kier molecular flexibility index (Phi) is 5.35. The number of sulfonamides is 1. The molecule has 0 radical (unpaired) electrons. The van der Waals surface area contributed by atoms with Gasteiger partial charge < -0.3 is 10.6 Å². The lowest BCUT2D eigenvalue weighted by Crippen LogP contribution is -2.42.